The number of methoxy groups -OCH3 is 1. The van der Waals surface area contributed by atoms with Crippen molar-refractivity contribution in [3.63, 3.8) is 0 Å². The molecule has 0 saturated heterocycles. The fraction of sp³-hybridized carbons (Fsp3) is 0.286. The Morgan fingerprint density at radius 1 is 1.00 bits per heavy atom. The van der Waals surface area contributed by atoms with Crippen molar-refractivity contribution in [2.75, 3.05) is 20.3 Å². The van der Waals surface area contributed by atoms with Gasteiger partial charge in [-0.2, -0.15) is 0 Å². The molecule has 0 radical (unpaired) electrons. The number of fused-ring (bicyclic) bond motifs is 1. The van der Waals surface area contributed by atoms with Gasteiger partial charge in [-0.05, 0) is 24.6 Å². The minimum Gasteiger partial charge on any atom is -0.383 e. The molecule has 1 aliphatic rings. The van der Waals surface area contributed by atoms with Crippen molar-refractivity contribution in [3.05, 3.63) is 71.3 Å². The van der Waals surface area contributed by atoms with Gasteiger partial charge in [0.15, 0.2) is 0 Å². The molecule has 1 atom stereocenters. The standard InChI is InChI=1S/C21H22N2O4/c1-15(23-20(25)17-10-6-7-11-18(17)21(23)26)19(24)22(12-13-27-2)14-16-8-4-3-5-9-16/h3-11,15H,12-14H2,1-2H3. The van der Waals surface area contributed by atoms with Crippen LogP contribution in [0.5, 0.6) is 0 Å². The zero-order valence-electron chi connectivity index (χ0n) is 15.4. The largest absolute Gasteiger partial charge is 0.383 e. The van der Waals surface area contributed by atoms with E-state index in [0.717, 1.165) is 10.5 Å². The number of nitrogens with zero attached hydrogens (tertiary/aromatic N) is 2. The molecular weight excluding hydrogens is 344 g/mol. The highest BCUT2D eigenvalue weighted by atomic mass is 16.5. The molecule has 6 nitrogen and oxygen atoms in total. The van der Waals surface area contributed by atoms with Crippen LogP contribution in [0.1, 0.15) is 33.2 Å². The van der Waals surface area contributed by atoms with Crippen LogP contribution >= 0.6 is 0 Å². The third-order valence-corrected chi connectivity index (χ3v) is 4.66. The fourth-order valence-electron chi connectivity index (χ4n) is 3.21. The summed E-state index contributed by atoms with van der Waals surface area (Å²) in [5.74, 6) is -1.14. The second-order valence-corrected chi connectivity index (χ2v) is 6.44. The summed E-state index contributed by atoms with van der Waals surface area (Å²) in [5.41, 5.74) is 1.65. The van der Waals surface area contributed by atoms with E-state index in [1.807, 2.05) is 30.3 Å². The molecule has 0 fully saturated rings. The Morgan fingerprint density at radius 3 is 2.11 bits per heavy atom. The zero-order chi connectivity index (χ0) is 19.4. The molecule has 1 aliphatic heterocycles. The minimum absolute atomic E-state index is 0.287. The number of amides is 3. The monoisotopic (exact) mass is 366 g/mol. The second kappa shape index (κ2) is 8.14. The Hall–Kier alpha value is -2.99. The molecule has 6 heteroatoms. The van der Waals surface area contributed by atoms with Gasteiger partial charge in [0.25, 0.3) is 11.8 Å². The summed E-state index contributed by atoms with van der Waals surface area (Å²) < 4.78 is 5.12. The number of carbonyl (C=O) groups excluding carboxylic acids is 3. The minimum atomic E-state index is -0.891. The highest BCUT2D eigenvalue weighted by molar-refractivity contribution is 6.22. The summed E-state index contributed by atoms with van der Waals surface area (Å²) in [5, 5.41) is 0. The van der Waals surface area contributed by atoms with E-state index in [1.54, 1.807) is 43.2 Å². The third kappa shape index (κ3) is 3.75. The Morgan fingerprint density at radius 2 is 1.56 bits per heavy atom. The summed E-state index contributed by atoms with van der Waals surface area (Å²) >= 11 is 0. The number of benzene rings is 2. The molecule has 1 heterocycles. The lowest BCUT2D eigenvalue weighted by Crippen LogP contribution is -2.49. The number of rotatable bonds is 7. The van der Waals surface area contributed by atoms with Crippen molar-refractivity contribution >= 4 is 17.7 Å². The maximum absolute atomic E-state index is 13.1. The number of carbonyl (C=O) groups is 3. The molecule has 1 unspecified atom stereocenters. The van der Waals surface area contributed by atoms with Crippen molar-refractivity contribution in [2.45, 2.75) is 19.5 Å². The summed E-state index contributed by atoms with van der Waals surface area (Å²) in [6.07, 6.45) is 0. The number of hydrogen-bond donors (Lipinski definition) is 0. The van der Waals surface area contributed by atoms with Crippen LogP contribution in [0.25, 0.3) is 0 Å². The first-order valence-corrected chi connectivity index (χ1v) is 8.83. The topological polar surface area (TPSA) is 66.9 Å². The van der Waals surface area contributed by atoms with E-state index in [-0.39, 0.29) is 5.91 Å². The molecule has 2 aromatic carbocycles. The molecule has 3 rings (SSSR count). The average molecular weight is 366 g/mol. The highest BCUT2D eigenvalue weighted by Gasteiger charge is 2.41. The normalized spacial score (nSPS) is 14.2. The molecule has 0 spiro atoms. The lowest BCUT2D eigenvalue weighted by Gasteiger charge is -2.29. The number of hydrogen-bond acceptors (Lipinski definition) is 4. The number of ether oxygens (including phenoxy) is 1. The SMILES string of the molecule is COCCN(Cc1ccccc1)C(=O)C(C)N1C(=O)c2ccccc2C1=O. The van der Waals surface area contributed by atoms with E-state index in [1.165, 1.54) is 0 Å². The first-order valence-electron chi connectivity index (χ1n) is 8.83. The molecule has 3 amide bonds. The zero-order valence-corrected chi connectivity index (χ0v) is 15.4. The van der Waals surface area contributed by atoms with Crippen molar-refractivity contribution in [1.82, 2.24) is 9.80 Å². The first-order chi connectivity index (χ1) is 13.0. The molecule has 0 N–H and O–H groups in total. The highest BCUT2D eigenvalue weighted by Crippen LogP contribution is 2.25. The van der Waals surface area contributed by atoms with Gasteiger partial charge in [0, 0.05) is 20.2 Å². The summed E-state index contributed by atoms with van der Waals surface area (Å²) in [6.45, 7) is 2.72. The maximum atomic E-state index is 13.1. The molecule has 0 bridgehead atoms. The predicted molar refractivity (Wildman–Crippen MR) is 100 cm³/mol. The van der Waals surface area contributed by atoms with Crippen LogP contribution in [0, 0.1) is 0 Å². The fourth-order valence-corrected chi connectivity index (χ4v) is 3.21. The molecule has 2 aromatic rings. The van der Waals surface area contributed by atoms with Crippen LogP contribution in [0.4, 0.5) is 0 Å². The van der Waals surface area contributed by atoms with Crippen molar-refractivity contribution in [2.24, 2.45) is 0 Å². The van der Waals surface area contributed by atoms with Gasteiger partial charge in [0.1, 0.15) is 6.04 Å². The van der Waals surface area contributed by atoms with Gasteiger partial charge in [0.2, 0.25) is 5.91 Å². The molecule has 27 heavy (non-hydrogen) atoms. The van der Waals surface area contributed by atoms with E-state index in [0.29, 0.717) is 30.8 Å². The Labute approximate surface area is 158 Å². The van der Waals surface area contributed by atoms with Gasteiger partial charge in [-0.1, -0.05) is 42.5 Å². The van der Waals surface area contributed by atoms with Gasteiger partial charge < -0.3 is 9.64 Å². The summed E-state index contributed by atoms with van der Waals surface area (Å²) in [4.78, 5) is 41.1. The predicted octanol–water partition coefficient (Wildman–Crippen LogP) is 2.35. The average Bonchev–Trinajstić information content (AvgIpc) is 2.95. The number of imide groups is 1. The van der Waals surface area contributed by atoms with Crippen molar-refractivity contribution < 1.29 is 19.1 Å². The van der Waals surface area contributed by atoms with E-state index < -0.39 is 17.9 Å². The smallest absolute Gasteiger partial charge is 0.262 e. The van der Waals surface area contributed by atoms with Gasteiger partial charge in [0.05, 0.1) is 17.7 Å². The Kier molecular flexibility index (Phi) is 5.66. The second-order valence-electron chi connectivity index (χ2n) is 6.44. The molecular formula is C21H22N2O4. The lowest BCUT2D eigenvalue weighted by atomic mass is 10.1. The Balaban J connectivity index is 1.81. The first kappa shape index (κ1) is 18.8. The van der Waals surface area contributed by atoms with E-state index in [2.05, 4.69) is 0 Å². The van der Waals surface area contributed by atoms with Crippen LogP contribution in [0.15, 0.2) is 54.6 Å². The Bertz CT molecular complexity index is 815. The van der Waals surface area contributed by atoms with Crippen LogP contribution in [-0.4, -0.2) is 53.8 Å². The van der Waals surface area contributed by atoms with E-state index >= 15 is 0 Å². The van der Waals surface area contributed by atoms with Gasteiger partial charge in [-0.25, -0.2) is 0 Å². The molecule has 0 aliphatic carbocycles. The van der Waals surface area contributed by atoms with Crippen molar-refractivity contribution in [1.29, 1.82) is 0 Å². The van der Waals surface area contributed by atoms with Crippen LogP contribution in [0.3, 0.4) is 0 Å². The van der Waals surface area contributed by atoms with E-state index in [4.69, 9.17) is 4.74 Å². The van der Waals surface area contributed by atoms with Gasteiger partial charge >= 0.3 is 0 Å². The lowest BCUT2D eigenvalue weighted by molar-refractivity contribution is -0.136. The maximum Gasteiger partial charge on any atom is 0.262 e. The van der Waals surface area contributed by atoms with Crippen LogP contribution < -0.4 is 0 Å². The summed E-state index contributed by atoms with van der Waals surface area (Å²) in [7, 11) is 1.57. The van der Waals surface area contributed by atoms with Gasteiger partial charge in [-0.3, -0.25) is 19.3 Å². The molecule has 0 aromatic heterocycles. The van der Waals surface area contributed by atoms with Crippen LogP contribution in [-0.2, 0) is 16.1 Å². The quantitative estimate of drug-likeness (QED) is 0.706. The van der Waals surface area contributed by atoms with E-state index in [9.17, 15) is 14.4 Å². The summed E-state index contributed by atoms with van der Waals surface area (Å²) in [6, 6.07) is 15.3. The van der Waals surface area contributed by atoms with Gasteiger partial charge in [-0.15, -0.1) is 0 Å². The molecule has 0 saturated carbocycles. The molecule has 140 valence electrons. The third-order valence-electron chi connectivity index (χ3n) is 4.66. The van der Waals surface area contributed by atoms with Crippen LogP contribution in [0.2, 0.25) is 0 Å². The van der Waals surface area contributed by atoms with Crippen molar-refractivity contribution in [3.8, 4) is 0 Å².